The molecule has 0 unspecified atom stereocenters. The molecule has 0 amide bonds. The molecule has 2 aromatic rings. The minimum absolute atomic E-state index is 0.225. The summed E-state index contributed by atoms with van der Waals surface area (Å²) in [7, 11) is 1.66. The van der Waals surface area contributed by atoms with Crippen LogP contribution in [0.4, 0.5) is 0 Å². The van der Waals surface area contributed by atoms with E-state index in [4.69, 9.17) is 19.0 Å². The van der Waals surface area contributed by atoms with Crippen molar-refractivity contribution in [2.24, 2.45) is 0 Å². The maximum atomic E-state index is 5.71. The zero-order chi connectivity index (χ0) is 20.7. The molecule has 0 spiro atoms. The average molecular weight is 403 g/mol. The Morgan fingerprint density at radius 2 is 1.90 bits per heavy atom. The Bertz CT molecular complexity index is 767. The van der Waals surface area contributed by atoms with E-state index >= 15 is 0 Å². The van der Waals surface area contributed by atoms with E-state index in [9.17, 15) is 0 Å². The van der Waals surface area contributed by atoms with Crippen molar-refractivity contribution in [3.63, 3.8) is 0 Å². The molecule has 0 saturated heterocycles. The van der Waals surface area contributed by atoms with Gasteiger partial charge >= 0.3 is 0 Å². The van der Waals surface area contributed by atoms with E-state index in [1.165, 1.54) is 12.8 Å². The minimum atomic E-state index is -0.225. The number of ether oxygens (including phenoxy) is 2. The molecule has 3 rings (SSSR count). The van der Waals surface area contributed by atoms with Gasteiger partial charge in [0.1, 0.15) is 0 Å². The highest BCUT2D eigenvalue weighted by atomic mass is 16.5. The highest BCUT2D eigenvalue weighted by Crippen LogP contribution is 2.38. The van der Waals surface area contributed by atoms with Crippen molar-refractivity contribution in [1.29, 1.82) is 0 Å². The molecular weight excluding hydrogens is 368 g/mol. The van der Waals surface area contributed by atoms with Crippen LogP contribution in [0, 0.1) is 0 Å². The van der Waals surface area contributed by atoms with Gasteiger partial charge in [-0.25, -0.2) is 0 Å². The molecular formula is C22H34N4O3. The van der Waals surface area contributed by atoms with Crippen LogP contribution in [0.2, 0.25) is 0 Å². The Hall–Kier alpha value is -2.12. The van der Waals surface area contributed by atoms with E-state index < -0.39 is 0 Å². The van der Waals surface area contributed by atoms with Gasteiger partial charge in [-0.1, -0.05) is 37.9 Å². The lowest BCUT2D eigenvalue weighted by atomic mass is 9.96. The number of aromatic nitrogens is 2. The lowest BCUT2D eigenvalue weighted by molar-refractivity contribution is 0.243. The summed E-state index contributed by atoms with van der Waals surface area (Å²) in [5.74, 6) is 3.01. The monoisotopic (exact) mass is 402 g/mol. The maximum Gasteiger partial charge on any atom is 0.240 e. The van der Waals surface area contributed by atoms with Gasteiger partial charge in [0.25, 0.3) is 0 Å². The second-order valence-corrected chi connectivity index (χ2v) is 7.53. The van der Waals surface area contributed by atoms with E-state index in [1.807, 2.05) is 19.1 Å². The standard InChI is InChI=1S/C22H34N4O3/c1-5-26(6-2)16-20-24-21(25-29-20)22(12-8-9-13-22)23-15-17-10-11-18(27-4)19(14-17)28-7-3/h10-11,14,23H,5-9,12-13,15-16H2,1-4H3. The minimum Gasteiger partial charge on any atom is -0.493 e. The van der Waals surface area contributed by atoms with Crippen LogP contribution in [0.15, 0.2) is 22.7 Å². The Kier molecular flexibility index (Phi) is 7.50. The zero-order valence-corrected chi connectivity index (χ0v) is 18.2. The summed E-state index contributed by atoms with van der Waals surface area (Å²) in [5, 5.41) is 8.09. The summed E-state index contributed by atoms with van der Waals surface area (Å²) >= 11 is 0. The molecule has 0 bridgehead atoms. The first-order valence-corrected chi connectivity index (χ1v) is 10.7. The molecule has 0 aliphatic heterocycles. The average Bonchev–Trinajstić information content (AvgIpc) is 3.41. The number of nitrogens with one attached hydrogen (secondary N) is 1. The van der Waals surface area contributed by atoms with Crippen molar-refractivity contribution < 1.29 is 14.0 Å². The normalized spacial score (nSPS) is 15.8. The SMILES string of the molecule is CCOc1cc(CNC2(c3noc(CN(CC)CC)n3)CCCC2)ccc1OC. The Labute approximate surface area is 173 Å². The van der Waals surface area contributed by atoms with Crippen LogP contribution < -0.4 is 14.8 Å². The molecule has 0 radical (unpaired) electrons. The van der Waals surface area contributed by atoms with Gasteiger partial charge in [-0.2, -0.15) is 4.98 Å². The lowest BCUT2D eigenvalue weighted by Gasteiger charge is -2.27. The Balaban J connectivity index is 1.73. The van der Waals surface area contributed by atoms with Crippen molar-refractivity contribution in [3.05, 3.63) is 35.5 Å². The highest BCUT2D eigenvalue weighted by molar-refractivity contribution is 5.43. The third-order valence-electron chi connectivity index (χ3n) is 5.77. The van der Waals surface area contributed by atoms with Gasteiger partial charge in [0.2, 0.25) is 5.89 Å². The van der Waals surface area contributed by atoms with E-state index in [-0.39, 0.29) is 5.54 Å². The van der Waals surface area contributed by atoms with E-state index in [2.05, 4.69) is 35.3 Å². The van der Waals surface area contributed by atoms with Gasteiger partial charge in [0.15, 0.2) is 17.3 Å². The molecule has 7 heteroatoms. The molecule has 1 aliphatic carbocycles. The number of hydrogen-bond acceptors (Lipinski definition) is 7. The molecule has 1 aromatic carbocycles. The largest absolute Gasteiger partial charge is 0.493 e. The predicted molar refractivity (Wildman–Crippen MR) is 112 cm³/mol. The fraction of sp³-hybridized carbons (Fsp3) is 0.636. The number of hydrogen-bond donors (Lipinski definition) is 1. The first-order chi connectivity index (χ1) is 14.1. The van der Waals surface area contributed by atoms with Gasteiger partial charge in [-0.15, -0.1) is 0 Å². The maximum absolute atomic E-state index is 5.71. The second-order valence-electron chi connectivity index (χ2n) is 7.53. The molecule has 1 aromatic heterocycles. The second kappa shape index (κ2) is 10.1. The zero-order valence-electron chi connectivity index (χ0n) is 18.2. The van der Waals surface area contributed by atoms with Crippen molar-refractivity contribution in [2.75, 3.05) is 26.8 Å². The molecule has 160 valence electrons. The molecule has 1 heterocycles. The topological polar surface area (TPSA) is 72.7 Å². The fourth-order valence-corrected chi connectivity index (χ4v) is 3.98. The van der Waals surface area contributed by atoms with E-state index in [1.54, 1.807) is 7.11 Å². The lowest BCUT2D eigenvalue weighted by Crippen LogP contribution is -2.40. The van der Waals surface area contributed by atoms with Crippen LogP contribution in [0.3, 0.4) is 0 Å². The van der Waals surface area contributed by atoms with Gasteiger partial charge < -0.3 is 19.3 Å². The Morgan fingerprint density at radius 1 is 1.14 bits per heavy atom. The van der Waals surface area contributed by atoms with Crippen molar-refractivity contribution in [3.8, 4) is 11.5 Å². The Morgan fingerprint density at radius 3 is 2.55 bits per heavy atom. The summed E-state index contributed by atoms with van der Waals surface area (Å²) in [6.07, 6.45) is 4.37. The summed E-state index contributed by atoms with van der Waals surface area (Å²) in [6, 6.07) is 6.07. The molecule has 1 saturated carbocycles. The van der Waals surface area contributed by atoms with Crippen LogP contribution in [-0.4, -0.2) is 41.8 Å². The van der Waals surface area contributed by atoms with Crippen molar-refractivity contribution >= 4 is 0 Å². The predicted octanol–water partition coefficient (Wildman–Crippen LogP) is 3.88. The summed E-state index contributed by atoms with van der Waals surface area (Å²) < 4.78 is 16.7. The van der Waals surface area contributed by atoms with Gasteiger partial charge in [-0.05, 0) is 50.6 Å². The van der Waals surface area contributed by atoms with Crippen LogP contribution in [0.1, 0.15) is 63.7 Å². The number of nitrogens with zero attached hydrogens (tertiary/aromatic N) is 3. The van der Waals surface area contributed by atoms with Gasteiger partial charge in [0.05, 0.1) is 25.8 Å². The molecule has 1 aliphatic rings. The van der Waals surface area contributed by atoms with Crippen LogP contribution in [0.25, 0.3) is 0 Å². The van der Waals surface area contributed by atoms with Gasteiger partial charge in [-0.3, -0.25) is 4.90 Å². The van der Waals surface area contributed by atoms with Crippen molar-refractivity contribution in [1.82, 2.24) is 20.4 Å². The third kappa shape index (κ3) is 5.08. The number of methoxy groups -OCH3 is 1. The molecule has 0 atom stereocenters. The highest BCUT2D eigenvalue weighted by Gasteiger charge is 2.39. The number of benzene rings is 1. The first-order valence-electron chi connectivity index (χ1n) is 10.7. The third-order valence-corrected chi connectivity index (χ3v) is 5.77. The summed E-state index contributed by atoms with van der Waals surface area (Å²) in [4.78, 5) is 7.04. The van der Waals surface area contributed by atoms with Crippen molar-refractivity contribution in [2.45, 2.75) is 65.1 Å². The van der Waals surface area contributed by atoms with E-state index in [0.29, 0.717) is 25.6 Å². The molecule has 1 fully saturated rings. The molecule has 7 nitrogen and oxygen atoms in total. The molecule has 29 heavy (non-hydrogen) atoms. The van der Waals surface area contributed by atoms with E-state index in [0.717, 1.165) is 48.8 Å². The summed E-state index contributed by atoms with van der Waals surface area (Å²) in [5.41, 5.74) is 0.920. The molecule has 1 N–H and O–H groups in total. The number of rotatable bonds is 11. The fourth-order valence-electron chi connectivity index (χ4n) is 3.98. The summed E-state index contributed by atoms with van der Waals surface area (Å²) in [6.45, 7) is 10.2. The quantitative estimate of drug-likeness (QED) is 0.611. The van der Waals surface area contributed by atoms with Gasteiger partial charge in [0, 0.05) is 6.54 Å². The smallest absolute Gasteiger partial charge is 0.240 e. The van der Waals surface area contributed by atoms with Crippen LogP contribution in [-0.2, 0) is 18.6 Å². The van der Waals surface area contributed by atoms with Crippen LogP contribution >= 0.6 is 0 Å². The van der Waals surface area contributed by atoms with Crippen LogP contribution in [0.5, 0.6) is 11.5 Å². The first kappa shape index (κ1) is 21.6.